The van der Waals surface area contributed by atoms with E-state index in [4.69, 9.17) is 0 Å². The van der Waals surface area contributed by atoms with Gasteiger partial charge in [0.25, 0.3) is 0 Å². The average molecular weight is 162 g/mol. The number of allylic oxidation sites excluding steroid dienone is 4. The van der Waals surface area contributed by atoms with Gasteiger partial charge in [0.05, 0.1) is 0 Å². The van der Waals surface area contributed by atoms with Crippen LogP contribution in [0.3, 0.4) is 0 Å². The van der Waals surface area contributed by atoms with Gasteiger partial charge in [0.15, 0.2) is 5.78 Å². The third-order valence-corrected chi connectivity index (χ3v) is 2.72. The Kier molecular flexibility index (Phi) is 2.11. The monoisotopic (exact) mass is 162 g/mol. The standard InChI is InChI=1S/C11H14O/c12-11-7-3-6-10(8-11)9-4-1-2-5-9/h1,4,8-9H,2-3,5-7H2. The van der Waals surface area contributed by atoms with E-state index >= 15 is 0 Å². The Labute approximate surface area is 73.2 Å². The molecule has 0 aromatic rings. The molecule has 12 heavy (non-hydrogen) atoms. The number of hydrogen-bond acceptors (Lipinski definition) is 1. The highest BCUT2D eigenvalue weighted by molar-refractivity contribution is 5.91. The topological polar surface area (TPSA) is 17.1 Å². The smallest absolute Gasteiger partial charge is 0.155 e. The second kappa shape index (κ2) is 3.26. The van der Waals surface area contributed by atoms with E-state index in [1.807, 2.05) is 6.08 Å². The zero-order chi connectivity index (χ0) is 8.39. The molecule has 0 spiro atoms. The summed E-state index contributed by atoms with van der Waals surface area (Å²) in [5, 5.41) is 0. The van der Waals surface area contributed by atoms with Gasteiger partial charge in [-0.05, 0) is 37.7 Å². The van der Waals surface area contributed by atoms with E-state index in [0.717, 1.165) is 19.3 Å². The van der Waals surface area contributed by atoms with Crippen molar-refractivity contribution in [1.29, 1.82) is 0 Å². The fourth-order valence-electron chi connectivity index (χ4n) is 2.05. The van der Waals surface area contributed by atoms with Crippen LogP contribution in [-0.2, 0) is 4.79 Å². The quantitative estimate of drug-likeness (QED) is 0.542. The van der Waals surface area contributed by atoms with Crippen molar-refractivity contribution in [2.75, 3.05) is 0 Å². The summed E-state index contributed by atoms with van der Waals surface area (Å²) in [6.07, 6.45) is 11.7. The lowest BCUT2D eigenvalue weighted by molar-refractivity contribution is -0.115. The Morgan fingerprint density at radius 1 is 1.33 bits per heavy atom. The van der Waals surface area contributed by atoms with Gasteiger partial charge < -0.3 is 0 Å². The van der Waals surface area contributed by atoms with Crippen LogP contribution in [0.1, 0.15) is 32.1 Å². The molecule has 0 radical (unpaired) electrons. The van der Waals surface area contributed by atoms with Crippen LogP contribution in [0.4, 0.5) is 0 Å². The molecule has 0 bridgehead atoms. The molecule has 0 aromatic carbocycles. The summed E-state index contributed by atoms with van der Waals surface area (Å²) >= 11 is 0. The van der Waals surface area contributed by atoms with E-state index in [-0.39, 0.29) is 0 Å². The molecule has 1 unspecified atom stereocenters. The predicted octanol–water partition coefficient (Wildman–Crippen LogP) is 2.63. The first-order valence-corrected chi connectivity index (χ1v) is 4.76. The van der Waals surface area contributed by atoms with Crippen molar-refractivity contribution in [1.82, 2.24) is 0 Å². The summed E-state index contributed by atoms with van der Waals surface area (Å²) in [4.78, 5) is 11.1. The third-order valence-electron chi connectivity index (χ3n) is 2.72. The van der Waals surface area contributed by atoms with Crippen LogP contribution >= 0.6 is 0 Å². The summed E-state index contributed by atoms with van der Waals surface area (Å²) in [6, 6.07) is 0. The van der Waals surface area contributed by atoms with E-state index in [1.54, 1.807) is 0 Å². The van der Waals surface area contributed by atoms with Gasteiger partial charge in [-0.2, -0.15) is 0 Å². The molecular formula is C11H14O. The van der Waals surface area contributed by atoms with Gasteiger partial charge >= 0.3 is 0 Å². The first-order valence-electron chi connectivity index (χ1n) is 4.76. The molecule has 0 aliphatic heterocycles. The minimum absolute atomic E-state index is 0.330. The van der Waals surface area contributed by atoms with Crippen molar-refractivity contribution < 1.29 is 4.79 Å². The van der Waals surface area contributed by atoms with Crippen LogP contribution in [0.2, 0.25) is 0 Å². The molecule has 0 aromatic heterocycles. The summed E-state index contributed by atoms with van der Waals surface area (Å²) in [5.74, 6) is 0.922. The number of carbonyl (C=O) groups excluding carboxylic acids is 1. The lowest BCUT2D eigenvalue weighted by atomic mass is 9.88. The highest BCUT2D eigenvalue weighted by Crippen LogP contribution is 2.30. The van der Waals surface area contributed by atoms with Gasteiger partial charge in [-0.25, -0.2) is 0 Å². The summed E-state index contributed by atoms with van der Waals surface area (Å²) in [6.45, 7) is 0. The second-order valence-electron chi connectivity index (χ2n) is 3.65. The minimum Gasteiger partial charge on any atom is -0.295 e. The highest BCUT2D eigenvalue weighted by Gasteiger charge is 2.18. The molecule has 1 nitrogen and oxygen atoms in total. The fraction of sp³-hybridized carbons (Fsp3) is 0.545. The molecule has 0 saturated heterocycles. The Balaban J connectivity index is 2.11. The van der Waals surface area contributed by atoms with E-state index in [2.05, 4.69) is 12.2 Å². The van der Waals surface area contributed by atoms with Crippen molar-refractivity contribution in [2.24, 2.45) is 5.92 Å². The third kappa shape index (κ3) is 1.50. The molecule has 0 N–H and O–H groups in total. The molecule has 1 atom stereocenters. The van der Waals surface area contributed by atoms with Gasteiger partial charge in [0.1, 0.15) is 0 Å². The molecule has 2 rings (SSSR count). The molecule has 1 heteroatoms. The lowest BCUT2D eigenvalue weighted by Crippen LogP contribution is -2.07. The van der Waals surface area contributed by atoms with Crippen molar-refractivity contribution in [3.63, 3.8) is 0 Å². The second-order valence-corrected chi connectivity index (χ2v) is 3.65. The van der Waals surface area contributed by atoms with Crippen LogP contribution in [-0.4, -0.2) is 5.78 Å². The largest absolute Gasteiger partial charge is 0.295 e. The van der Waals surface area contributed by atoms with Crippen molar-refractivity contribution in [3.05, 3.63) is 23.8 Å². The molecule has 2 aliphatic carbocycles. The fourth-order valence-corrected chi connectivity index (χ4v) is 2.05. The SMILES string of the molecule is O=C1C=C(C2C=CCC2)CCC1. The Bertz CT molecular complexity index is 248. The first kappa shape index (κ1) is 7.78. The van der Waals surface area contributed by atoms with Gasteiger partial charge in [-0.3, -0.25) is 4.79 Å². The molecule has 0 fully saturated rings. The number of ketones is 1. The van der Waals surface area contributed by atoms with Gasteiger partial charge in [-0.1, -0.05) is 17.7 Å². The first-order chi connectivity index (χ1) is 5.86. The number of rotatable bonds is 1. The zero-order valence-electron chi connectivity index (χ0n) is 7.25. The average Bonchev–Trinajstić information content (AvgIpc) is 2.56. The Morgan fingerprint density at radius 2 is 2.25 bits per heavy atom. The molecule has 64 valence electrons. The van der Waals surface area contributed by atoms with Gasteiger partial charge in [0.2, 0.25) is 0 Å². The maximum atomic E-state index is 11.1. The van der Waals surface area contributed by atoms with Crippen molar-refractivity contribution >= 4 is 5.78 Å². The Morgan fingerprint density at radius 3 is 2.92 bits per heavy atom. The van der Waals surface area contributed by atoms with Crippen LogP contribution < -0.4 is 0 Å². The Hall–Kier alpha value is -0.850. The minimum atomic E-state index is 0.330. The van der Waals surface area contributed by atoms with Crippen LogP contribution in [0.15, 0.2) is 23.8 Å². The van der Waals surface area contributed by atoms with E-state index in [1.165, 1.54) is 18.4 Å². The van der Waals surface area contributed by atoms with E-state index < -0.39 is 0 Å². The maximum Gasteiger partial charge on any atom is 0.155 e. The van der Waals surface area contributed by atoms with E-state index in [9.17, 15) is 4.79 Å². The lowest BCUT2D eigenvalue weighted by Gasteiger charge is -2.16. The van der Waals surface area contributed by atoms with Gasteiger partial charge in [0, 0.05) is 6.42 Å². The van der Waals surface area contributed by atoms with Gasteiger partial charge in [-0.15, -0.1) is 0 Å². The molecular weight excluding hydrogens is 148 g/mol. The van der Waals surface area contributed by atoms with Crippen LogP contribution in [0.25, 0.3) is 0 Å². The van der Waals surface area contributed by atoms with Crippen LogP contribution in [0, 0.1) is 5.92 Å². The zero-order valence-corrected chi connectivity index (χ0v) is 7.25. The summed E-state index contributed by atoms with van der Waals surface area (Å²) in [5.41, 5.74) is 1.38. The number of carbonyl (C=O) groups is 1. The summed E-state index contributed by atoms with van der Waals surface area (Å²) in [7, 11) is 0. The van der Waals surface area contributed by atoms with E-state index in [0.29, 0.717) is 11.7 Å². The summed E-state index contributed by atoms with van der Waals surface area (Å²) < 4.78 is 0. The van der Waals surface area contributed by atoms with Crippen molar-refractivity contribution in [3.8, 4) is 0 Å². The molecule has 0 heterocycles. The highest BCUT2D eigenvalue weighted by atomic mass is 16.1. The molecule has 0 saturated carbocycles. The molecule has 2 aliphatic rings. The van der Waals surface area contributed by atoms with Crippen LogP contribution in [0.5, 0.6) is 0 Å². The maximum absolute atomic E-state index is 11.1. The number of hydrogen-bond donors (Lipinski definition) is 0. The predicted molar refractivity (Wildman–Crippen MR) is 48.8 cm³/mol. The van der Waals surface area contributed by atoms with Crippen molar-refractivity contribution in [2.45, 2.75) is 32.1 Å². The normalized spacial score (nSPS) is 29.2. The molecule has 0 amide bonds.